The maximum absolute atomic E-state index is 10.5. The second kappa shape index (κ2) is 7.14. The number of hydrogen-bond donors (Lipinski definition) is 1. The summed E-state index contributed by atoms with van der Waals surface area (Å²) in [4.78, 5) is 0. The first-order valence-corrected chi connectivity index (χ1v) is 9.00. The first-order valence-electron chi connectivity index (χ1n) is 9.00. The minimum Gasteiger partial charge on any atom is -0.507 e. The fraction of sp³-hybridized carbons (Fsp3) is 0.250. The van der Waals surface area contributed by atoms with Crippen LogP contribution >= 0.6 is 0 Å². The molecule has 0 aromatic heterocycles. The highest BCUT2D eigenvalue weighted by Gasteiger charge is 2.13. The number of aromatic hydroxyl groups is 1. The largest absolute Gasteiger partial charge is 0.507 e. The van der Waals surface area contributed by atoms with E-state index in [1.165, 1.54) is 16.7 Å². The molecule has 25 heavy (non-hydrogen) atoms. The predicted octanol–water partition coefficient (Wildman–Crippen LogP) is 6.97. The quantitative estimate of drug-likeness (QED) is 0.547. The lowest BCUT2D eigenvalue weighted by molar-refractivity contribution is 0.477. The minimum atomic E-state index is 0.330. The van der Waals surface area contributed by atoms with Gasteiger partial charge in [0.05, 0.1) is 0 Å². The Labute approximate surface area is 151 Å². The van der Waals surface area contributed by atoms with Crippen LogP contribution in [-0.4, -0.2) is 5.11 Å². The van der Waals surface area contributed by atoms with E-state index in [2.05, 4.69) is 76.2 Å². The Morgan fingerprint density at radius 2 is 1.36 bits per heavy atom. The van der Waals surface area contributed by atoms with E-state index in [1.54, 1.807) is 0 Å². The molecule has 0 amide bonds. The van der Waals surface area contributed by atoms with Crippen molar-refractivity contribution in [3.8, 4) is 28.0 Å². The lowest BCUT2D eigenvalue weighted by Gasteiger charge is -2.15. The van der Waals surface area contributed by atoms with Crippen LogP contribution in [0.15, 0.2) is 66.7 Å². The molecule has 0 fully saturated rings. The zero-order valence-corrected chi connectivity index (χ0v) is 15.5. The third-order valence-corrected chi connectivity index (χ3v) is 4.76. The highest BCUT2D eigenvalue weighted by Crippen LogP contribution is 2.37. The number of hydrogen-bond acceptors (Lipinski definition) is 1. The van der Waals surface area contributed by atoms with Crippen molar-refractivity contribution in [1.29, 1.82) is 0 Å². The van der Waals surface area contributed by atoms with Gasteiger partial charge >= 0.3 is 0 Å². The molecule has 0 aliphatic carbocycles. The standard InChI is InChI=1S/C24H26O/c1-16(2)18-8-7-9-19(14-18)20-12-13-24(25)23(15-20)22-11-6-5-10-21(22)17(3)4/h5-17,25H,1-4H3. The Kier molecular flexibility index (Phi) is 4.94. The zero-order valence-electron chi connectivity index (χ0n) is 15.5. The number of rotatable bonds is 4. The van der Waals surface area contributed by atoms with E-state index in [4.69, 9.17) is 0 Å². The second-order valence-electron chi connectivity index (χ2n) is 7.25. The van der Waals surface area contributed by atoms with E-state index in [-0.39, 0.29) is 0 Å². The average Bonchev–Trinajstić information content (AvgIpc) is 2.62. The Morgan fingerprint density at radius 1 is 0.640 bits per heavy atom. The van der Waals surface area contributed by atoms with Crippen LogP contribution in [0, 0.1) is 0 Å². The van der Waals surface area contributed by atoms with Gasteiger partial charge < -0.3 is 5.11 Å². The first-order chi connectivity index (χ1) is 12.0. The van der Waals surface area contributed by atoms with Gasteiger partial charge in [-0.25, -0.2) is 0 Å². The first kappa shape index (κ1) is 17.3. The molecule has 0 heterocycles. The van der Waals surface area contributed by atoms with Gasteiger partial charge in [0.1, 0.15) is 5.75 Å². The molecular formula is C24H26O. The molecule has 0 radical (unpaired) electrons. The smallest absolute Gasteiger partial charge is 0.123 e. The monoisotopic (exact) mass is 330 g/mol. The van der Waals surface area contributed by atoms with Crippen LogP contribution in [0.4, 0.5) is 0 Å². The maximum Gasteiger partial charge on any atom is 0.123 e. The molecule has 0 saturated heterocycles. The molecule has 1 nitrogen and oxygen atoms in total. The van der Waals surface area contributed by atoms with E-state index in [0.717, 1.165) is 16.7 Å². The highest BCUT2D eigenvalue weighted by atomic mass is 16.3. The Morgan fingerprint density at radius 3 is 2.08 bits per heavy atom. The van der Waals surface area contributed by atoms with Crippen molar-refractivity contribution >= 4 is 0 Å². The highest BCUT2D eigenvalue weighted by molar-refractivity contribution is 5.79. The molecule has 128 valence electrons. The third kappa shape index (κ3) is 3.61. The fourth-order valence-electron chi connectivity index (χ4n) is 3.25. The van der Waals surface area contributed by atoms with E-state index >= 15 is 0 Å². The summed E-state index contributed by atoms with van der Waals surface area (Å²) in [6.45, 7) is 8.79. The van der Waals surface area contributed by atoms with Crippen LogP contribution in [0.25, 0.3) is 22.3 Å². The average molecular weight is 330 g/mol. The van der Waals surface area contributed by atoms with Gasteiger partial charge in [0.25, 0.3) is 0 Å². The molecule has 0 aliphatic heterocycles. The summed E-state index contributed by atoms with van der Waals surface area (Å²) in [6, 6.07) is 22.9. The fourth-order valence-corrected chi connectivity index (χ4v) is 3.25. The van der Waals surface area contributed by atoms with Crippen LogP contribution < -0.4 is 0 Å². The lowest BCUT2D eigenvalue weighted by Crippen LogP contribution is -1.93. The van der Waals surface area contributed by atoms with Gasteiger partial charge in [-0.1, -0.05) is 82.3 Å². The van der Waals surface area contributed by atoms with Gasteiger partial charge in [0.15, 0.2) is 0 Å². The van der Waals surface area contributed by atoms with Crippen molar-refractivity contribution in [2.75, 3.05) is 0 Å². The molecule has 0 aliphatic rings. The molecule has 3 rings (SSSR count). The van der Waals surface area contributed by atoms with Gasteiger partial charge in [-0.15, -0.1) is 0 Å². The molecule has 0 bridgehead atoms. The SMILES string of the molecule is CC(C)c1cccc(-c2ccc(O)c(-c3ccccc3C(C)C)c2)c1. The lowest BCUT2D eigenvalue weighted by atomic mass is 9.90. The maximum atomic E-state index is 10.5. The molecule has 3 aromatic rings. The van der Waals surface area contributed by atoms with E-state index in [0.29, 0.717) is 17.6 Å². The third-order valence-electron chi connectivity index (χ3n) is 4.76. The van der Waals surface area contributed by atoms with E-state index < -0.39 is 0 Å². The molecule has 3 aromatic carbocycles. The van der Waals surface area contributed by atoms with Gasteiger partial charge in [-0.3, -0.25) is 0 Å². The molecule has 1 heteroatoms. The van der Waals surface area contributed by atoms with Crippen molar-refractivity contribution < 1.29 is 5.11 Å². The summed E-state index contributed by atoms with van der Waals surface area (Å²) in [5, 5.41) is 10.5. The van der Waals surface area contributed by atoms with E-state index in [1.807, 2.05) is 18.2 Å². The summed E-state index contributed by atoms with van der Waals surface area (Å²) < 4.78 is 0. The van der Waals surface area contributed by atoms with Crippen molar-refractivity contribution in [2.24, 2.45) is 0 Å². The van der Waals surface area contributed by atoms with Crippen molar-refractivity contribution in [3.05, 3.63) is 77.9 Å². The summed E-state index contributed by atoms with van der Waals surface area (Å²) in [7, 11) is 0. The molecule has 1 N–H and O–H groups in total. The van der Waals surface area contributed by atoms with Crippen LogP contribution in [0.2, 0.25) is 0 Å². The van der Waals surface area contributed by atoms with Gasteiger partial charge in [0.2, 0.25) is 0 Å². The van der Waals surface area contributed by atoms with Crippen LogP contribution in [0.3, 0.4) is 0 Å². The van der Waals surface area contributed by atoms with Crippen molar-refractivity contribution in [2.45, 2.75) is 39.5 Å². The molecule has 0 atom stereocenters. The van der Waals surface area contributed by atoms with Crippen LogP contribution in [0.1, 0.15) is 50.7 Å². The summed E-state index contributed by atoms with van der Waals surface area (Å²) in [5.74, 6) is 1.23. The van der Waals surface area contributed by atoms with Gasteiger partial charge in [-0.2, -0.15) is 0 Å². The number of benzene rings is 3. The number of phenolic OH excluding ortho intramolecular Hbond substituents is 1. The summed E-state index contributed by atoms with van der Waals surface area (Å²) >= 11 is 0. The van der Waals surface area contributed by atoms with Crippen LogP contribution in [-0.2, 0) is 0 Å². The minimum absolute atomic E-state index is 0.330. The van der Waals surface area contributed by atoms with Crippen LogP contribution in [0.5, 0.6) is 5.75 Å². The Balaban J connectivity index is 2.13. The zero-order chi connectivity index (χ0) is 18.0. The predicted molar refractivity (Wildman–Crippen MR) is 107 cm³/mol. The summed E-state index contributed by atoms with van der Waals surface area (Å²) in [6.07, 6.45) is 0. The Hall–Kier alpha value is -2.54. The van der Waals surface area contributed by atoms with Crippen molar-refractivity contribution in [3.63, 3.8) is 0 Å². The van der Waals surface area contributed by atoms with Gasteiger partial charge in [0, 0.05) is 5.56 Å². The molecule has 0 spiro atoms. The summed E-state index contributed by atoms with van der Waals surface area (Å²) in [5.41, 5.74) is 6.91. The van der Waals surface area contributed by atoms with Crippen molar-refractivity contribution in [1.82, 2.24) is 0 Å². The van der Waals surface area contributed by atoms with Gasteiger partial charge in [-0.05, 0) is 51.8 Å². The normalized spacial score (nSPS) is 11.3. The second-order valence-corrected chi connectivity index (χ2v) is 7.25. The molecule has 0 unspecified atom stereocenters. The van der Waals surface area contributed by atoms with E-state index in [9.17, 15) is 5.11 Å². The topological polar surface area (TPSA) is 20.2 Å². The number of phenols is 1. The molecular weight excluding hydrogens is 304 g/mol. The Bertz CT molecular complexity index is 875. The molecule has 0 saturated carbocycles.